The van der Waals surface area contributed by atoms with Gasteiger partial charge >= 0.3 is 5.97 Å². The second-order valence-corrected chi connectivity index (χ2v) is 9.83. The Morgan fingerprint density at radius 1 is 1.06 bits per heavy atom. The van der Waals surface area contributed by atoms with E-state index >= 15 is 0 Å². The van der Waals surface area contributed by atoms with E-state index in [2.05, 4.69) is 12.1 Å². The van der Waals surface area contributed by atoms with Gasteiger partial charge in [0, 0.05) is 19.4 Å². The molecule has 0 saturated carbocycles. The third-order valence-electron chi connectivity index (χ3n) is 6.82. The lowest BCUT2D eigenvalue weighted by molar-refractivity contribution is -0.320. The Kier molecular flexibility index (Phi) is 8.68. The number of hydroxylamine groups is 2. The molecule has 0 radical (unpaired) electrons. The number of hydrogen-bond acceptors (Lipinski definition) is 5. The quantitative estimate of drug-likeness (QED) is 0.410. The molecule has 1 N–H and O–H groups in total. The maximum atomic E-state index is 13.0. The van der Waals surface area contributed by atoms with Gasteiger partial charge in [-0.15, -0.1) is 0 Å². The molecule has 1 amide bonds. The van der Waals surface area contributed by atoms with Gasteiger partial charge in [0.25, 0.3) is 0 Å². The number of amides is 1. The van der Waals surface area contributed by atoms with Gasteiger partial charge in [-0.05, 0) is 48.1 Å². The fraction of sp³-hybridized carbons (Fsp3) is 0.462. The van der Waals surface area contributed by atoms with Crippen LogP contribution in [0.25, 0.3) is 0 Å². The van der Waals surface area contributed by atoms with Gasteiger partial charge in [0.15, 0.2) is 6.04 Å². The van der Waals surface area contributed by atoms with E-state index in [9.17, 15) is 14.7 Å². The molecular weight excluding hydrogens is 491 g/mol. The Labute approximate surface area is 215 Å². The van der Waals surface area contributed by atoms with Gasteiger partial charge in [-0.25, -0.2) is 0 Å². The van der Waals surface area contributed by atoms with Crippen LogP contribution in [0.5, 0.6) is 0 Å². The van der Waals surface area contributed by atoms with Crippen molar-refractivity contribution >= 4 is 35.1 Å². The number of nitrogens with zero attached hydrogens (tertiary/aromatic N) is 2. The van der Waals surface area contributed by atoms with Crippen molar-refractivity contribution in [2.45, 2.75) is 56.5 Å². The molecule has 4 rings (SSSR count). The third-order valence-corrected chi connectivity index (χ3v) is 7.56. The Hall–Kier alpha value is -2.16. The summed E-state index contributed by atoms with van der Waals surface area (Å²) in [5.74, 6) is -0.746. The summed E-state index contributed by atoms with van der Waals surface area (Å²) in [5, 5.41) is 11.6. The molecule has 1 unspecified atom stereocenters. The maximum absolute atomic E-state index is 13.0. The van der Waals surface area contributed by atoms with Gasteiger partial charge in [0.05, 0.1) is 29.3 Å². The molecule has 1 heterocycles. The number of carboxylic acids is 1. The molecule has 1 fully saturated rings. The van der Waals surface area contributed by atoms with E-state index < -0.39 is 12.0 Å². The average Bonchev–Trinajstić information content (AvgIpc) is 3.51. The van der Waals surface area contributed by atoms with Crippen molar-refractivity contribution in [1.29, 1.82) is 0 Å². The van der Waals surface area contributed by atoms with Crippen molar-refractivity contribution in [2.24, 2.45) is 0 Å². The molecule has 1 aliphatic carbocycles. The number of carboxylic acid groups (broad SMARTS) is 1. The molecule has 1 aliphatic heterocycles. The number of unbranched alkanes of at least 4 members (excludes halogenated alkanes) is 2. The summed E-state index contributed by atoms with van der Waals surface area (Å²) in [4.78, 5) is 36.8. The second-order valence-electron chi connectivity index (χ2n) is 9.02. The average molecular weight is 521 g/mol. The number of rotatable bonds is 10. The summed E-state index contributed by atoms with van der Waals surface area (Å²) < 4.78 is 0. The highest BCUT2D eigenvalue weighted by atomic mass is 35.5. The fourth-order valence-corrected chi connectivity index (χ4v) is 5.26. The number of carbonyl (C=O) groups excluding carboxylic acids is 1. The van der Waals surface area contributed by atoms with Crippen molar-refractivity contribution in [1.82, 2.24) is 10.1 Å². The smallest absolute Gasteiger partial charge is 0.325 e. The van der Waals surface area contributed by atoms with E-state index in [1.165, 1.54) is 5.56 Å². The minimum Gasteiger partial charge on any atom is -0.480 e. The van der Waals surface area contributed by atoms with Crippen LogP contribution in [-0.2, 0) is 19.3 Å². The second kappa shape index (κ2) is 11.7. The third kappa shape index (κ3) is 5.98. The number of hydrogen-bond donors (Lipinski definition) is 1. The summed E-state index contributed by atoms with van der Waals surface area (Å²) in [5.41, 5.74) is 3.46. The minimum absolute atomic E-state index is 0.0148. The van der Waals surface area contributed by atoms with Crippen LogP contribution in [0.1, 0.15) is 67.2 Å². The molecule has 2 aromatic carbocycles. The Morgan fingerprint density at radius 3 is 2.46 bits per heavy atom. The number of carbonyl (C=O) groups is 2. The SMILES string of the molecule is CN(C(=O)CCCCCC(C(=O)O)N1OCCO1)[C@@H]1C[C@@H](c2ccc(Cl)c(Cl)c2)c2ccccc21. The summed E-state index contributed by atoms with van der Waals surface area (Å²) >= 11 is 12.4. The van der Waals surface area contributed by atoms with Crippen molar-refractivity contribution in [2.75, 3.05) is 20.3 Å². The van der Waals surface area contributed by atoms with Crippen molar-refractivity contribution in [3.05, 3.63) is 69.2 Å². The number of halogens is 2. The standard InChI is InChI=1S/C26H30Cl2N2O5/c1-29(25(31)10-4-2-3-9-23(26(32)33)30-34-13-14-35-30)24-16-20(18-7-5-6-8-19(18)24)17-11-12-21(27)22(28)15-17/h5-8,11-12,15,20,23-24H,2-4,9-10,13-14,16H2,1H3,(H,32,33)/t20-,23?,24+/m0/s1. The minimum atomic E-state index is -0.973. The molecule has 2 aliphatic rings. The molecular formula is C26H30Cl2N2O5. The number of aliphatic carboxylic acids is 1. The lowest BCUT2D eigenvalue weighted by Gasteiger charge is -2.26. The van der Waals surface area contributed by atoms with Gasteiger partial charge in [-0.3, -0.25) is 19.3 Å². The molecule has 1 saturated heterocycles. The van der Waals surface area contributed by atoms with Crippen LogP contribution in [0.15, 0.2) is 42.5 Å². The molecule has 9 heteroatoms. The summed E-state index contributed by atoms with van der Waals surface area (Å²) in [6.45, 7) is 0.724. The van der Waals surface area contributed by atoms with Crippen molar-refractivity contribution < 1.29 is 24.4 Å². The molecule has 35 heavy (non-hydrogen) atoms. The highest BCUT2D eigenvalue weighted by Crippen LogP contribution is 2.47. The molecule has 0 spiro atoms. The fourth-order valence-electron chi connectivity index (χ4n) is 4.95. The predicted molar refractivity (Wildman–Crippen MR) is 133 cm³/mol. The zero-order chi connectivity index (χ0) is 24.9. The van der Waals surface area contributed by atoms with E-state index in [1.54, 1.807) is 0 Å². The first kappa shape index (κ1) is 25.9. The van der Waals surface area contributed by atoms with Gasteiger partial charge in [0.1, 0.15) is 0 Å². The Bertz CT molecular complexity index is 1060. The Morgan fingerprint density at radius 2 is 1.77 bits per heavy atom. The van der Waals surface area contributed by atoms with Crippen LogP contribution < -0.4 is 0 Å². The van der Waals surface area contributed by atoms with E-state index in [-0.39, 0.29) is 17.9 Å². The van der Waals surface area contributed by atoms with E-state index in [0.29, 0.717) is 48.9 Å². The first-order valence-corrected chi connectivity index (χ1v) is 12.7. The molecule has 3 atom stereocenters. The molecule has 0 bridgehead atoms. The van der Waals surface area contributed by atoms with Gasteiger partial charge in [-0.2, -0.15) is 0 Å². The normalized spacial score (nSPS) is 20.5. The monoisotopic (exact) mass is 520 g/mol. The van der Waals surface area contributed by atoms with Crippen LogP contribution in [0.3, 0.4) is 0 Å². The van der Waals surface area contributed by atoms with E-state index in [4.69, 9.17) is 32.9 Å². The number of fused-ring (bicyclic) bond motifs is 1. The predicted octanol–water partition coefficient (Wildman–Crippen LogP) is 5.61. The Balaban J connectivity index is 1.32. The molecule has 7 nitrogen and oxygen atoms in total. The first-order valence-electron chi connectivity index (χ1n) is 11.9. The first-order chi connectivity index (χ1) is 16.9. The zero-order valence-corrected chi connectivity index (χ0v) is 21.2. The van der Waals surface area contributed by atoms with Gasteiger partial charge in [-0.1, -0.05) is 71.6 Å². The highest BCUT2D eigenvalue weighted by Gasteiger charge is 2.35. The van der Waals surface area contributed by atoms with E-state index in [0.717, 1.165) is 29.2 Å². The van der Waals surface area contributed by atoms with Crippen LogP contribution in [-0.4, -0.2) is 53.4 Å². The van der Waals surface area contributed by atoms with Crippen LogP contribution in [0, 0.1) is 0 Å². The summed E-state index contributed by atoms with van der Waals surface area (Å²) in [6, 6.07) is 13.1. The van der Waals surface area contributed by atoms with Crippen molar-refractivity contribution in [3.8, 4) is 0 Å². The summed E-state index contributed by atoms with van der Waals surface area (Å²) in [6.07, 6.45) is 3.73. The van der Waals surface area contributed by atoms with Gasteiger partial charge < -0.3 is 10.0 Å². The van der Waals surface area contributed by atoms with Crippen LogP contribution in [0.2, 0.25) is 10.0 Å². The van der Waals surface area contributed by atoms with Crippen molar-refractivity contribution in [3.63, 3.8) is 0 Å². The molecule has 188 valence electrons. The highest BCUT2D eigenvalue weighted by molar-refractivity contribution is 6.42. The lowest BCUT2D eigenvalue weighted by Crippen LogP contribution is -2.37. The largest absolute Gasteiger partial charge is 0.480 e. The van der Waals surface area contributed by atoms with E-state index in [1.807, 2.05) is 42.3 Å². The summed E-state index contributed by atoms with van der Waals surface area (Å²) in [7, 11) is 1.86. The molecule has 0 aromatic heterocycles. The maximum Gasteiger partial charge on any atom is 0.325 e. The zero-order valence-electron chi connectivity index (χ0n) is 19.7. The van der Waals surface area contributed by atoms with Crippen LogP contribution in [0.4, 0.5) is 0 Å². The van der Waals surface area contributed by atoms with Gasteiger partial charge in [0.2, 0.25) is 5.91 Å². The number of benzene rings is 2. The lowest BCUT2D eigenvalue weighted by atomic mass is 9.93. The topological polar surface area (TPSA) is 79.3 Å². The molecule has 2 aromatic rings. The van der Waals surface area contributed by atoms with Crippen LogP contribution >= 0.6 is 23.2 Å².